The maximum absolute atomic E-state index is 13.2. The Morgan fingerprint density at radius 1 is 1.16 bits per heavy atom. The van der Waals surface area contributed by atoms with E-state index in [0.29, 0.717) is 13.0 Å². The van der Waals surface area contributed by atoms with E-state index in [1.54, 1.807) is 7.11 Å². The van der Waals surface area contributed by atoms with Crippen molar-refractivity contribution < 1.29 is 9.53 Å². The molecule has 2 aliphatic rings. The number of hydrogen-bond acceptors (Lipinski definition) is 4. The van der Waals surface area contributed by atoms with Crippen molar-refractivity contribution in [2.45, 2.75) is 51.1 Å². The summed E-state index contributed by atoms with van der Waals surface area (Å²) in [5.74, 6) is 1.82. The lowest BCUT2D eigenvalue weighted by Gasteiger charge is -2.48. The molecule has 1 saturated heterocycles. The highest BCUT2D eigenvalue weighted by molar-refractivity contribution is 6.10. The highest BCUT2D eigenvalue weighted by atomic mass is 16.5. The van der Waals surface area contributed by atoms with Crippen molar-refractivity contribution in [1.29, 1.82) is 0 Å². The lowest BCUT2D eigenvalue weighted by molar-refractivity contribution is -0.131. The molecule has 2 heterocycles. The van der Waals surface area contributed by atoms with Gasteiger partial charge >= 0.3 is 0 Å². The molecule has 2 aliphatic heterocycles. The second kappa shape index (κ2) is 8.25. The number of aliphatic imine (C=N–C) groups is 1. The number of nitrogens with zero attached hydrogens (tertiary/aromatic N) is 2. The predicted molar refractivity (Wildman–Crippen MR) is 126 cm³/mol. The van der Waals surface area contributed by atoms with Crippen molar-refractivity contribution >= 4 is 23.1 Å². The average Bonchev–Trinajstić information content (AvgIpc) is 2.73. The zero-order valence-corrected chi connectivity index (χ0v) is 18.9. The normalized spacial score (nSPS) is 21.9. The van der Waals surface area contributed by atoms with E-state index in [4.69, 9.17) is 9.73 Å². The van der Waals surface area contributed by atoms with Gasteiger partial charge in [0.2, 0.25) is 5.91 Å². The molecule has 31 heavy (non-hydrogen) atoms. The number of para-hydroxylation sites is 2. The number of hydrogen-bond donors (Lipinski definition) is 2. The summed E-state index contributed by atoms with van der Waals surface area (Å²) in [6, 6.07) is 15.9. The van der Waals surface area contributed by atoms with Crippen molar-refractivity contribution in [3.05, 3.63) is 54.1 Å². The number of carbonyl (C=O) groups excluding carboxylic acids is 1. The number of anilines is 2. The number of rotatable bonds is 3. The molecule has 164 valence electrons. The van der Waals surface area contributed by atoms with Crippen molar-refractivity contribution in [2.24, 2.45) is 4.99 Å². The van der Waals surface area contributed by atoms with E-state index in [2.05, 4.69) is 43.5 Å². The molecule has 1 unspecified atom stereocenters. The summed E-state index contributed by atoms with van der Waals surface area (Å²) in [6.07, 6.45) is 2.21. The fourth-order valence-corrected chi connectivity index (χ4v) is 4.37. The zero-order chi connectivity index (χ0) is 22.1. The molecule has 6 heteroatoms. The van der Waals surface area contributed by atoms with Crippen LogP contribution in [-0.2, 0) is 11.2 Å². The van der Waals surface area contributed by atoms with Gasteiger partial charge in [-0.25, -0.2) is 0 Å². The minimum absolute atomic E-state index is 0.128. The van der Waals surface area contributed by atoms with Crippen molar-refractivity contribution in [2.75, 3.05) is 30.8 Å². The lowest BCUT2D eigenvalue weighted by atomic mass is 9.84. The maximum atomic E-state index is 13.2. The van der Waals surface area contributed by atoms with Gasteiger partial charge in [0.25, 0.3) is 0 Å². The summed E-state index contributed by atoms with van der Waals surface area (Å²) in [7, 11) is 1.64. The molecule has 0 radical (unpaired) electrons. The quantitative estimate of drug-likeness (QED) is 0.776. The summed E-state index contributed by atoms with van der Waals surface area (Å²) >= 11 is 0. The molecule has 2 aromatic carbocycles. The molecular weight excluding hydrogens is 388 g/mol. The molecule has 1 atom stereocenters. The Balaban J connectivity index is 1.60. The van der Waals surface area contributed by atoms with Crippen LogP contribution in [0.4, 0.5) is 11.4 Å². The van der Waals surface area contributed by atoms with Gasteiger partial charge in [0, 0.05) is 6.54 Å². The Kier molecular flexibility index (Phi) is 5.65. The minimum atomic E-state index is -0.413. The Labute approximate surface area is 184 Å². The van der Waals surface area contributed by atoms with E-state index >= 15 is 0 Å². The average molecular weight is 421 g/mol. The van der Waals surface area contributed by atoms with Gasteiger partial charge in [0.1, 0.15) is 17.1 Å². The molecule has 1 amide bonds. The van der Waals surface area contributed by atoms with Crippen LogP contribution in [0.15, 0.2) is 53.5 Å². The molecule has 2 N–H and O–H groups in total. The van der Waals surface area contributed by atoms with Gasteiger partial charge in [0.05, 0.1) is 37.0 Å². The van der Waals surface area contributed by atoms with E-state index in [-0.39, 0.29) is 11.4 Å². The number of amidine groups is 1. The van der Waals surface area contributed by atoms with Crippen LogP contribution >= 0.6 is 0 Å². The van der Waals surface area contributed by atoms with Gasteiger partial charge in [-0.05, 0) is 63.4 Å². The number of carbonyl (C=O) groups is 1. The Morgan fingerprint density at radius 3 is 2.68 bits per heavy atom. The number of methoxy groups -OCH3 is 1. The Hall–Kier alpha value is -3.02. The minimum Gasteiger partial charge on any atom is -0.497 e. The number of amides is 1. The summed E-state index contributed by atoms with van der Waals surface area (Å²) in [5, 5.41) is 7.32. The van der Waals surface area contributed by atoms with E-state index in [1.165, 1.54) is 0 Å². The van der Waals surface area contributed by atoms with Gasteiger partial charge < -0.3 is 20.3 Å². The summed E-state index contributed by atoms with van der Waals surface area (Å²) < 4.78 is 5.31. The standard InChI is InChI=1S/C25H32N4O2/c1-24(2,3)28-23-25(27-21-12-6-5-11-20(21)26-23)13-8-14-29(17-25)22(30)16-18-9-7-10-19(15-18)31-4/h5-7,9-12,15,27H,8,13-14,16-17H2,1-4H3,(H,26,28). The summed E-state index contributed by atoms with van der Waals surface area (Å²) in [6.45, 7) is 7.65. The van der Waals surface area contributed by atoms with Crippen molar-refractivity contribution in [3.63, 3.8) is 0 Å². The van der Waals surface area contributed by atoms with Crippen LogP contribution in [0.3, 0.4) is 0 Å². The number of ether oxygens (including phenoxy) is 1. The monoisotopic (exact) mass is 420 g/mol. The van der Waals surface area contributed by atoms with Gasteiger partial charge in [0.15, 0.2) is 0 Å². The first-order valence-electron chi connectivity index (χ1n) is 10.9. The molecule has 1 fully saturated rings. The molecule has 2 aromatic rings. The number of likely N-dealkylation sites (tertiary alicyclic amines) is 1. The summed E-state index contributed by atoms with van der Waals surface area (Å²) in [5.41, 5.74) is 2.40. The molecule has 0 saturated carbocycles. The smallest absolute Gasteiger partial charge is 0.227 e. The Morgan fingerprint density at radius 2 is 1.94 bits per heavy atom. The molecule has 1 spiro atoms. The SMILES string of the molecule is COc1cccc(CC(=O)N2CCCC3(C2)Nc2ccccc2NC3=NC(C)(C)C)c1. The largest absolute Gasteiger partial charge is 0.497 e. The van der Waals surface area contributed by atoms with Crippen LogP contribution in [0.2, 0.25) is 0 Å². The first-order chi connectivity index (χ1) is 14.8. The van der Waals surface area contributed by atoms with Gasteiger partial charge in [-0.3, -0.25) is 9.79 Å². The number of fused-ring (bicyclic) bond motifs is 1. The van der Waals surface area contributed by atoms with E-state index < -0.39 is 5.54 Å². The molecule has 0 aliphatic carbocycles. The number of benzene rings is 2. The highest BCUT2D eigenvalue weighted by Gasteiger charge is 2.45. The topological polar surface area (TPSA) is 66.0 Å². The van der Waals surface area contributed by atoms with Gasteiger partial charge in [-0.15, -0.1) is 0 Å². The third kappa shape index (κ3) is 4.68. The van der Waals surface area contributed by atoms with E-state index in [9.17, 15) is 4.79 Å². The van der Waals surface area contributed by atoms with Crippen molar-refractivity contribution in [3.8, 4) is 5.75 Å². The Bertz CT molecular complexity index is 995. The third-order valence-corrected chi connectivity index (χ3v) is 5.79. The number of piperidine rings is 1. The van der Waals surface area contributed by atoms with Crippen LogP contribution in [0, 0.1) is 0 Å². The first kappa shape index (κ1) is 21.2. The lowest BCUT2D eigenvalue weighted by Crippen LogP contribution is -2.63. The van der Waals surface area contributed by atoms with Crippen LogP contribution in [0.5, 0.6) is 5.75 Å². The van der Waals surface area contributed by atoms with Crippen LogP contribution in [0.25, 0.3) is 0 Å². The first-order valence-corrected chi connectivity index (χ1v) is 10.9. The third-order valence-electron chi connectivity index (χ3n) is 5.79. The van der Waals surface area contributed by atoms with Crippen LogP contribution in [-0.4, -0.2) is 47.9 Å². The molecule has 6 nitrogen and oxygen atoms in total. The van der Waals surface area contributed by atoms with Crippen molar-refractivity contribution in [1.82, 2.24) is 4.90 Å². The second-order valence-electron chi connectivity index (χ2n) is 9.46. The number of nitrogens with one attached hydrogen (secondary N) is 2. The molecule has 4 rings (SSSR count). The second-order valence-corrected chi connectivity index (χ2v) is 9.46. The summed E-state index contributed by atoms with van der Waals surface area (Å²) in [4.78, 5) is 20.2. The van der Waals surface area contributed by atoms with Gasteiger partial charge in [-0.2, -0.15) is 0 Å². The maximum Gasteiger partial charge on any atom is 0.227 e. The van der Waals surface area contributed by atoms with E-state index in [0.717, 1.165) is 47.9 Å². The zero-order valence-electron chi connectivity index (χ0n) is 18.9. The molecule has 0 aromatic heterocycles. The van der Waals surface area contributed by atoms with Crippen LogP contribution in [0.1, 0.15) is 39.2 Å². The van der Waals surface area contributed by atoms with E-state index in [1.807, 2.05) is 41.3 Å². The fourth-order valence-electron chi connectivity index (χ4n) is 4.37. The van der Waals surface area contributed by atoms with Gasteiger partial charge in [-0.1, -0.05) is 24.3 Å². The van der Waals surface area contributed by atoms with Crippen LogP contribution < -0.4 is 15.4 Å². The highest BCUT2D eigenvalue weighted by Crippen LogP contribution is 2.37. The predicted octanol–water partition coefficient (Wildman–Crippen LogP) is 4.33. The molecular formula is C25H32N4O2. The molecule has 0 bridgehead atoms. The fraction of sp³-hybridized carbons (Fsp3) is 0.440.